The van der Waals surface area contributed by atoms with Crippen molar-refractivity contribution in [2.75, 3.05) is 0 Å². The van der Waals surface area contributed by atoms with Crippen LogP contribution in [0.2, 0.25) is 0 Å². The minimum absolute atomic E-state index is 0.417. The Bertz CT molecular complexity index is 41.5. The van der Waals surface area contributed by atoms with E-state index in [9.17, 15) is 0 Å². The summed E-state index contributed by atoms with van der Waals surface area (Å²) in [4.78, 5) is 0. The summed E-state index contributed by atoms with van der Waals surface area (Å²) >= 11 is 0. The topological polar surface area (TPSA) is 52.0 Å². The molecule has 2 heteroatoms. The highest BCUT2D eigenvalue weighted by Crippen LogP contribution is 2.13. The SMILES string of the molecule is N[C@H]1C[C@@H](N)C1. The van der Waals surface area contributed by atoms with Crippen molar-refractivity contribution in [2.24, 2.45) is 11.5 Å². The molecular weight excluding hydrogens is 76.1 g/mol. The first-order chi connectivity index (χ1) is 2.79. The van der Waals surface area contributed by atoms with E-state index in [1.165, 1.54) is 0 Å². The number of hydrogen-bond donors (Lipinski definition) is 2. The van der Waals surface area contributed by atoms with E-state index in [0.29, 0.717) is 12.1 Å². The molecule has 1 rings (SSSR count). The van der Waals surface area contributed by atoms with Gasteiger partial charge < -0.3 is 11.5 Å². The molecule has 36 valence electrons. The van der Waals surface area contributed by atoms with Crippen LogP contribution < -0.4 is 11.5 Å². The zero-order chi connectivity index (χ0) is 4.57. The van der Waals surface area contributed by atoms with Crippen molar-refractivity contribution in [2.45, 2.75) is 24.9 Å². The molecule has 4 N–H and O–H groups in total. The van der Waals surface area contributed by atoms with E-state index in [0.717, 1.165) is 12.8 Å². The van der Waals surface area contributed by atoms with Crippen molar-refractivity contribution in [3.05, 3.63) is 0 Å². The maximum absolute atomic E-state index is 5.39. The van der Waals surface area contributed by atoms with Gasteiger partial charge >= 0.3 is 0 Å². The molecule has 0 radical (unpaired) electrons. The van der Waals surface area contributed by atoms with E-state index < -0.39 is 0 Å². The molecule has 0 heterocycles. The fourth-order valence-corrected chi connectivity index (χ4v) is 0.709. The first-order valence-electron chi connectivity index (χ1n) is 2.30. The van der Waals surface area contributed by atoms with Crippen molar-refractivity contribution in [3.8, 4) is 0 Å². The lowest BCUT2D eigenvalue weighted by molar-refractivity contribution is 0.351. The van der Waals surface area contributed by atoms with E-state index in [1.54, 1.807) is 0 Å². The van der Waals surface area contributed by atoms with Gasteiger partial charge in [0, 0.05) is 12.1 Å². The molecule has 0 bridgehead atoms. The zero-order valence-corrected chi connectivity index (χ0v) is 3.72. The van der Waals surface area contributed by atoms with Crippen molar-refractivity contribution < 1.29 is 0 Å². The Morgan fingerprint density at radius 2 is 1.33 bits per heavy atom. The molecule has 6 heavy (non-hydrogen) atoms. The van der Waals surface area contributed by atoms with Crippen LogP contribution in [0.3, 0.4) is 0 Å². The summed E-state index contributed by atoms with van der Waals surface area (Å²) in [5.41, 5.74) is 10.8. The Labute approximate surface area is 37.5 Å². The fourth-order valence-electron chi connectivity index (χ4n) is 0.709. The van der Waals surface area contributed by atoms with Crippen molar-refractivity contribution in [1.29, 1.82) is 0 Å². The predicted molar refractivity (Wildman–Crippen MR) is 25.2 cm³/mol. The Kier molecular flexibility index (Phi) is 0.821. The van der Waals surface area contributed by atoms with Gasteiger partial charge in [-0.25, -0.2) is 0 Å². The second-order valence-corrected chi connectivity index (χ2v) is 1.99. The monoisotopic (exact) mass is 86.1 g/mol. The molecule has 2 nitrogen and oxygen atoms in total. The molecule has 0 atom stereocenters. The van der Waals surface area contributed by atoms with E-state index in [-0.39, 0.29) is 0 Å². The Hall–Kier alpha value is -0.0800. The third-order valence-electron chi connectivity index (χ3n) is 1.21. The Morgan fingerprint density at radius 1 is 1.00 bits per heavy atom. The average Bonchev–Trinajstić information content (AvgIpc) is 1.33. The first-order valence-corrected chi connectivity index (χ1v) is 2.30. The minimum atomic E-state index is 0.417. The molecule has 0 unspecified atom stereocenters. The van der Waals surface area contributed by atoms with Gasteiger partial charge in [0.1, 0.15) is 0 Å². The normalized spacial score (nSPS) is 45.0. The Morgan fingerprint density at radius 3 is 1.33 bits per heavy atom. The van der Waals surface area contributed by atoms with Gasteiger partial charge in [-0.2, -0.15) is 0 Å². The molecule has 1 saturated carbocycles. The molecule has 0 saturated heterocycles. The number of hydrogen-bond acceptors (Lipinski definition) is 2. The van der Waals surface area contributed by atoms with E-state index in [4.69, 9.17) is 11.5 Å². The van der Waals surface area contributed by atoms with Crippen LogP contribution in [-0.4, -0.2) is 12.1 Å². The second kappa shape index (κ2) is 1.21. The number of nitrogens with two attached hydrogens (primary N) is 2. The molecule has 0 aromatic heterocycles. The van der Waals surface area contributed by atoms with Gasteiger partial charge in [0.15, 0.2) is 0 Å². The molecule has 1 fully saturated rings. The molecule has 0 aliphatic heterocycles. The lowest BCUT2D eigenvalue weighted by Crippen LogP contribution is -2.45. The van der Waals surface area contributed by atoms with Crippen LogP contribution in [0.5, 0.6) is 0 Å². The maximum Gasteiger partial charge on any atom is 0.00683 e. The first kappa shape index (κ1) is 4.09. The molecule has 0 amide bonds. The lowest BCUT2D eigenvalue weighted by Gasteiger charge is -2.28. The van der Waals surface area contributed by atoms with Crippen molar-refractivity contribution in [3.63, 3.8) is 0 Å². The van der Waals surface area contributed by atoms with E-state index in [2.05, 4.69) is 0 Å². The molecule has 0 spiro atoms. The van der Waals surface area contributed by atoms with Crippen LogP contribution in [0.1, 0.15) is 12.8 Å². The van der Waals surface area contributed by atoms with Crippen molar-refractivity contribution >= 4 is 0 Å². The van der Waals surface area contributed by atoms with Gasteiger partial charge in [0.05, 0.1) is 0 Å². The summed E-state index contributed by atoms with van der Waals surface area (Å²) in [6.45, 7) is 0. The van der Waals surface area contributed by atoms with E-state index in [1.807, 2.05) is 0 Å². The van der Waals surface area contributed by atoms with Crippen LogP contribution in [0.15, 0.2) is 0 Å². The second-order valence-electron chi connectivity index (χ2n) is 1.99. The summed E-state index contributed by atoms with van der Waals surface area (Å²) in [6, 6.07) is 0.833. The van der Waals surface area contributed by atoms with Crippen molar-refractivity contribution in [1.82, 2.24) is 0 Å². The zero-order valence-electron chi connectivity index (χ0n) is 3.72. The molecule has 0 aromatic carbocycles. The van der Waals surface area contributed by atoms with E-state index >= 15 is 0 Å². The van der Waals surface area contributed by atoms with Crippen LogP contribution in [0.25, 0.3) is 0 Å². The molecule has 0 aromatic rings. The lowest BCUT2D eigenvalue weighted by atomic mass is 9.89. The summed E-state index contributed by atoms with van der Waals surface area (Å²) in [5, 5.41) is 0. The Balaban J connectivity index is 2.11. The highest BCUT2D eigenvalue weighted by atomic mass is 14.8. The highest BCUT2D eigenvalue weighted by Gasteiger charge is 2.20. The maximum atomic E-state index is 5.39. The summed E-state index contributed by atoms with van der Waals surface area (Å²) < 4.78 is 0. The average molecular weight is 86.1 g/mol. The number of rotatable bonds is 0. The highest BCUT2D eigenvalue weighted by molar-refractivity contribution is 4.84. The quantitative estimate of drug-likeness (QED) is 0.415. The predicted octanol–water partition coefficient (Wildman–Crippen LogP) is -0.565. The van der Waals surface area contributed by atoms with Gasteiger partial charge in [-0.15, -0.1) is 0 Å². The minimum Gasteiger partial charge on any atom is -0.328 e. The van der Waals surface area contributed by atoms with Gasteiger partial charge in [0.25, 0.3) is 0 Å². The smallest absolute Gasteiger partial charge is 0.00683 e. The van der Waals surface area contributed by atoms with Gasteiger partial charge in [0.2, 0.25) is 0 Å². The molecular formula is C4H10N2. The van der Waals surface area contributed by atoms with Gasteiger partial charge in [-0.05, 0) is 12.8 Å². The third kappa shape index (κ3) is 0.533. The standard InChI is InChI=1S/C4H10N2/c5-3-1-4(6)2-3/h3-4H,1-2,5-6H2/t3-,4+. The van der Waals surface area contributed by atoms with Gasteiger partial charge in [-0.3, -0.25) is 0 Å². The van der Waals surface area contributed by atoms with Crippen LogP contribution in [0, 0.1) is 0 Å². The fraction of sp³-hybridized carbons (Fsp3) is 1.00. The summed E-state index contributed by atoms with van der Waals surface area (Å²) in [6.07, 6.45) is 2.06. The summed E-state index contributed by atoms with van der Waals surface area (Å²) in [7, 11) is 0. The summed E-state index contributed by atoms with van der Waals surface area (Å²) in [5.74, 6) is 0. The molecule has 1 aliphatic rings. The van der Waals surface area contributed by atoms with Crippen LogP contribution >= 0.6 is 0 Å². The van der Waals surface area contributed by atoms with Gasteiger partial charge in [-0.1, -0.05) is 0 Å². The van der Waals surface area contributed by atoms with Crippen LogP contribution in [0.4, 0.5) is 0 Å². The third-order valence-corrected chi connectivity index (χ3v) is 1.21. The van der Waals surface area contributed by atoms with Crippen LogP contribution in [-0.2, 0) is 0 Å². The largest absolute Gasteiger partial charge is 0.328 e. The molecule has 1 aliphatic carbocycles.